The molecule has 0 saturated heterocycles. The smallest absolute Gasteiger partial charge is 0.0651 e. The molecule has 0 bridgehead atoms. The van der Waals surface area contributed by atoms with Gasteiger partial charge in [-0.25, -0.2) is 0 Å². The van der Waals surface area contributed by atoms with E-state index in [0.717, 1.165) is 11.8 Å². The van der Waals surface area contributed by atoms with Crippen molar-refractivity contribution in [3.8, 4) is 0 Å². The van der Waals surface area contributed by atoms with Crippen LogP contribution < -0.4 is 0 Å². The summed E-state index contributed by atoms with van der Waals surface area (Å²) in [6.45, 7) is 4.69. The highest BCUT2D eigenvalue weighted by Crippen LogP contribution is 2.30. The third-order valence-electron chi connectivity index (χ3n) is 2.61. The van der Waals surface area contributed by atoms with Gasteiger partial charge in [0.1, 0.15) is 0 Å². The van der Waals surface area contributed by atoms with Gasteiger partial charge in [-0.05, 0) is 18.3 Å². The van der Waals surface area contributed by atoms with Crippen LogP contribution in [0, 0.1) is 18.3 Å². The Balaban J connectivity index is 2.30. The lowest BCUT2D eigenvalue weighted by Gasteiger charge is -2.22. The molecular formula is C9H17+. The van der Waals surface area contributed by atoms with Gasteiger partial charge in [0, 0.05) is 0 Å². The largest absolute Gasteiger partial charge is 0.0903 e. The molecule has 0 heterocycles. The van der Waals surface area contributed by atoms with Crippen molar-refractivity contribution in [2.45, 2.75) is 39.5 Å². The van der Waals surface area contributed by atoms with E-state index in [4.69, 9.17) is 0 Å². The first-order valence-electron chi connectivity index (χ1n) is 4.16. The zero-order valence-electron chi connectivity index (χ0n) is 6.56. The van der Waals surface area contributed by atoms with Crippen LogP contribution in [0.15, 0.2) is 0 Å². The van der Waals surface area contributed by atoms with Crippen LogP contribution >= 0.6 is 0 Å². The molecule has 0 radical (unpaired) electrons. The van der Waals surface area contributed by atoms with Crippen molar-refractivity contribution in [2.75, 3.05) is 0 Å². The molecule has 0 heteroatoms. The summed E-state index contributed by atoms with van der Waals surface area (Å²) in [5, 5.41) is 0. The van der Waals surface area contributed by atoms with Crippen molar-refractivity contribution in [3.63, 3.8) is 0 Å². The van der Waals surface area contributed by atoms with Crippen molar-refractivity contribution in [1.29, 1.82) is 0 Å². The first kappa shape index (κ1) is 6.98. The van der Waals surface area contributed by atoms with Crippen molar-refractivity contribution >= 4 is 0 Å². The standard InChI is InChI=1S/C9H17/c1-3-9-7-5-4-6-8(9)2/h4,8-9H,3,5-7H2,1-2H3/q+1. The van der Waals surface area contributed by atoms with Crippen molar-refractivity contribution < 1.29 is 0 Å². The normalized spacial score (nSPS) is 35.8. The topological polar surface area (TPSA) is 0 Å². The van der Waals surface area contributed by atoms with Gasteiger partial charge >= 0.3 is 0 Å². The van der Waals surface area contributed by atoms with Crippen LogP contribution in [0.5, 0.6) is 0 Å². The molecule has 9 heavy (non-hydrogen) atoms. The average molecular weight is 125 g/mol. The fourth-order valence-electron chi connectivity index (χ4n) is 1.80. The molecule has 0 aliphatic heterocycles. The van der Waals surface area contributed by atoms with Crippen LogP contribution in [0.1, 0.15) is 39.5 Å². The predicted molar refractivity (Wildman–Crippen MR) is 41.1 cm³/mol. The number of hydrogen-bond donors (Lipinski definition) is 0. The summed E-state index contributed by atoms with van der Waals surface area (Å²) < 4.78 is 0. The van der Waals surface area contributed by atoms with E-state index >= 15 is 0 Å². The highest BCUT2D eigenvalue weighted by atomic mass is 14.2. The average Bonchev–Trinajstić information content (AvgIpc) is 1.89. The Morgan fingerprint density at radius 1 is 1.56 bits per heavy atom. The van der Waals surface area contributed by atoms with Gasteiger partial charge in [-0.1, -0.05) is 20.3 Å². The fraction of sp³-hybridized carbons (Fsp3) is 0.889. The lowest BCUT2D eigenvalue weighted by molar-refractivity contribution is 0.286. The van der Waals surface area contributed by atoms with Gasteiger partial charge in [-0.2, -0.15) is 0 Å². The van der Waals surface area contributed by atoms with Crippen molar-refractivity contribution in [1.82, 2.24) is 0 Å². The number of hydrogen-bond acceptors (Lipinski definition) is 0. The fourth-order valence-corrected chi connectivity index (χ4v) is 1.80. The maximum Gasteiger partial charge on any atom is 0.0903 e. The second-order valence-corrected chi connectivity index (χ2v) is 3.25. The third-order valence-corrected chi connectivity index (χ3v) is 2.61. The van der Waals surface area contributed by atoms with E-state index < -0.39 is 0 Å². The highest BCUT2D eigenvalue weighted by Gasteiger charge is 2.24. The second kappa shape index (κ2) is 3.14. The molecule has 0 aromatic heterocycles. The Bertz CT molecular complexity index is 76.1. The molecule has 0 N–H and O–H groups in total. The third kappa shape index (κ3) is 1.64. The van der Waals surface area contributed by atoms with Gasteiger partial charge in [0.25, 0.3) is 0 Å². The van der Waals surface area contributed by atoms with Crippen LogP contribution in [0.3, 0.4) is 0 Å². The van der Waals surface area contributed by atoms with E-state index in [1.54, 1.807) is 0 Å². The molecule has 1 fully saturated rings. The van der Waals surface area contributed by atoms with Crippen LogP contribution in [-0.4, -0.2) is 0 Å². The molecular weight excluding hydrogens is 108 g/mol. The zero-order valence-corrected chi connectivity index (χ0v) is 6.56. The summed E-state index contributed by atoms with van der Waals surface area (Å²) in [4.78, 5) is 0. The lowest BCUT2D eigenvalue weighted by Crippen LogP contribution is -2.15. The van der Waals surface area contributed by atoms with Crippen LogP contribution in [0.25, 0.3) is 0 Å². The minimum Gasteiger partial charge on any atom is -0.0651 e. The maximum atomic E-state index is 2.44. The van der Waals surface area contributed by atoms with E-state index in [-0.39, 0.29) is 0 Å². The molecule has 1 rings (SSSR count). The van der Waals surface area contributed by atoms with Gasteiger partial charge in [-0.15, -0.1) is 0 Å². The summed E-state index contributed by atoms with van der Waals surface area (Å²) in [6, 6.07) is 0. The molecule has 2 unspecified atom stereocenters. The molecule has 0 spiro atoms. The molecule has 1 saturated carbocycles. The van der Waals surface area contributed by atoms with Crippen LogP contribution in [-0.2, 0) is 0 Å². The summed E-state index contributed by atoms with van der Waals surface area (Å²) in [7, 11) is 0. The van der Waals surface area contributed by atoms with E-state index in [1.165, 1.54) is 25.7 Å². The zero-order chi connectivity index (χ0) is 6.69. The van der Waals surface area contributed by atoms with E-state index in [1.807, 2.05) is 0 Å². The minimum atomic E-state index is 0.962. The quantitative estimate of drug-likeness (QED) is 0.472. The van der Waals surface area contributed by atoms with Gasteiger partial charge in [0.15, 0.2) is 0 Å². The molecule has 1 aliphatic carbocycles. The highest BCUT2D eigenvalue weighted by molar-refractivity contribution is 4.80. The van der Waals surface area contributed by atoms with Crippen molar-refractivity contribution in [2.24, 2.45) is 11.8 Å². The second-order valence-electron chi connectivity index (χ2n) is 3.25. The maximum absolute atomic E-state index is 2.44. The van der Waals surface area contributed by atoms with Crippen LogP contribution in [0.4, 0.5) is 0 Å². The van der Waals surface area contributed by atoms with Gasteiger partial charge < -0.3 is 0 Å². The molecule has 2 atom stereocenters. The van der Waals surface area contributed by atoms with Gasteiger partial charge in [-0.3, -0.25) is 0 Å². The van der Waals surface area contributed by atoms with E-state index in [2.05, 4.69) is 20.3 Å². The summed E-state index contributed by atoms with van der Waals surface area (Å²) >= 11 is 0. The Labute approximate surface area is 58.7 Å². The van der Waals surface area contributed by atoms with E-state index in [9.17, 15) is 0 Å². The first-order chi connectivity index (χ1) is 4.34. The molecule has 0 aromatic carbocycles. The van der Waals surface area contributed by atoms with E-state index in [0.29, 0.717) is 0 Å². The summed E-state index contributed by atoms with van der Waals surface area (Å²) in [5.74, 6) is 1.98. The minimum absolute atomic E-state index is 0.962. The Morgan fingerprint density at radius 3 is 2.78 bits per heavy atom. The first-order valence-corrected chi connectivity index (χ1v) is 4.16. The Kier molecular flexibility index (Phi) is 2.44. The predicted octanol–water partition coefficient (Wildman–Crippen LogP) is 3.04. The van der Waals surface area contributed by atoms with Crippen LogP contribution in [0.2, 0.25) is 0 Å². The lowest BCUT2D eigenvalue weighted by atomic mass is 9.79. The molecule has 0 aromatic rings. The Hall–Kier alpha value is -0.130. The van der Waals surface area contributed by atoms with Crippen molar-refractivity contribution in [3.05, 3.63) is 6.42 Å². The van der Waals surface area contributed by atoms with Gasteiger partial charge in [0.2, 0.25) is 0 Å². The number of rotatable bonds is 1. The molecule has 52 valence electrons. The summed E-state index contributed by atoms with van der Waals surface area (Å²) in [6.07, 6.45) is 7.99. The van der Waals surface area contributed by atoms with Gasteiger partial charge in [0.05, 0.1) is 19.3 Å². The Morgan fingerprint density at radius 2 is 2.33 bits per heavy atom. The monoisotopic (exact) mass is 125 g/mol. The SMILES string of the molecule is CCC1CC[CH+]CC1C. The summed E-state index contributed by atoms with van der Waals surface area (Å²) in [5.41, 5.74) is 0. The molecule has 1 aliphatic rings. The molecule has 0 amide bonds. The molecule has 0 nitrogen and oxygen atoms in total.